The van der Waals surface area contributed by atoms with E-state index in [-0.39, 0.29) is 11.6 Å². The number of rotatable bonds is 32. The SMILES string of the molecule is CCCOCCOCCOCCOCCN(CCCCCNCC(=O)c1ccccc1)CCCCCNCC(=O)c1ccccc1. The van der Waals surface area contributed by atoms with Gasteiger partial charge in [0.1, 0.15) is 0 Å². The molecule has 46 heavy (non-hydrogen) atoms. The Balaban J connectivity index is 1.55. The van der Waals surface area contributed by atoms with Crippen LogP contribution in [0.2, 0.25) is 0 Å². The van der Waals surface area contributed by atoms with E-state index in [2.05, 4.69) is 22.5 Å². The second-order valence-corrected chi connectivity index (χ2v) is 11.3. The summed E-state index contributed by atoms with van der Waals surface area (Å²) in [4.78, 5) is 27.0. The molecule has 0 heterocycles. The lowest BCUT2D eigenvalue weighted by molar-refractivity contribution is -0.00386. The highest BCUT2D eigenvalue weighted by molar-refractivity contribution is 5.98. The van der Waals surface area contributed by atoms with Crippen LogP contribution in [0, 0.1) is 0 Å². The maximum absolute atomic E-state index is 12.2. The molecule has 0 fully saturated rings. The van der Waals surface area contributed by atoms with E-state index < -0.39 is 0 Å². The fourth-order valence-corrected chi connectivity index (χ4v) is 4.82. The number of nitrogens with zero attached hydrogens (tertiary/aromatic N) is 1. The molecule has 2 aromatic rings. The van der Waals surface area contributed by atoms with Crippen molar-refractivity contribution in [2.75, 3.05) is 98.7 Å². The average Bonchev–Trinajstić information content (AvgIpc) is 3.09. The maximum Gasteiger partial charge on any atom is 0.176 e. The standard InChI is InChI=1S/C37H59N3O6/c1-2-24-43-26-28-45-30-31-46-29-27-44-25-23-40(21-13-5-11-19-38-32-36(41)34-15-7-3-8-16-34)22-14-6-12-20-39-33-37(42)35-17-9-4-10-18-35/h3-4,7-10,15-18,38-39H,2,5-6,11-14,19-33H2,1H3. The summed E-state index contributed by atoms with van der Waals surface area (Å²) in [5, 5.41) is 6.58. The minimum absolute atomic E-state index is 0.136. The molecule has 0 aliphatic heterocycles. The first-order valence-corrected chi connectivity index (χ1v) is 17.3. The first-order valence-electron chi connectivity index (χ1n) is 17.3. The zero-order valence-electron chi connectivity index (χ0n) is 28.2. The molecular formula is C37H59N3O6. The van der Waals surface area contributed by atoms with Gasteiger partial charge < -0.3 is 34.5 Å². The highest BCUT2D eigenvalue weighted by Gasteiger charge is 2.07. The van der Waals surface area contributed by atoms with Gasteiger partial charge in [-0.25, -0.2) is 0 Å². The molecule has 9 nitrogen and oxygen atoms in total. The molecule has 0 aliphatic carbocycles. The van der Waals surface area contributed by atoms with E-state index in [0.29, 0.717) is 59.3 Å². The Labute approximate surface area is 277 Å². The van der Waals surface area contributed by atoms with Crippen molar-refractivity contribution in [3.8, 4) is 0 Å². The number of hydrogen-bond acceptors (Lipinski definition) is 9. The molecule has 9 heteroatoms. The minimum Gasteiger partial charge on any atom is -0.379 e. The molecule has 258 valence electrons. The molecule has 2 rings (SSSR count). The third kappa shape index (κ3) is 21.3. The molecule has 0 aromatic heterocycles. The van der Waals surface area contributed by atoms with Crippen molar-refractivity contribution < 1.29 is 28.5 Å². The zero-order chi connectivity index (χ0) is 32.8. The Morgan fingerprint density at radius 3 is 1.37 bits per heavy atom. The fraction of sp³-hybridized carbons (Fsp3) is 0.622. The molecule has 0 radical (unpaired) electrons. The van der Waals surface area contributed by atoms with Gasteiger partial charge >= 0.3 is 0 Å². The number of carbonyl (C=O) groups excluding carboxylic acids is 2. The molecule has 0 spiro atoms. The van der Waals surface area contributed by atoms with E-state index in [1.165, 1.54) is 0 Å². The lowest BCUT2D eigenvalue weighted by Gasteiger charge is -2.22. The Hall–Kier alpha value is -2.50. The lowest BCUT2D eigenvalue weighted by Crippen LogP contribution is -2.30. The Morgan fingerprint density at radius 2 is 0.935 bits per heavy atom. The van der Waals surface area contributed by atoms with Crippen molar-refractivity contribution in [2.45, 2.75) is 51.9 Å². The minimum atomic E-state index is 0.136. The number of ether oxygens (including phenoxy) is 4. The smallest absolute Gasteiger partial charge is 0.176 e. The first kappa shape index (κ1) is 39.7. The van der Waals surface area contributed by atoms with Gasteiger partial charge in [-0.1, -0.05) is 80.4 Å². The summed E-state index contributed by atoms with van der Waals surface area (Å²) in [7, 11) is 0. The molecule has 0 amide bonds. The van der Waals surface area contributed by atoms with Gasteiger partial charge in [-0.15, -0.1) is 0 Å². The van der Waals surface area contributed by atoms with Crippen LogP contribution in [0.1, 0.15) is 72.6 Å². The van der Waals surface area contributed by atoms with E-state index in [1.54, 1.807) is 0 Å². The summed E-state index contributed by atoms with van der Waals surface area (Å²) in [5.74, 6) is 0.271. The van der Waals surface area contributed by atoms with Gasteiger partial charge in [0.2, 0.25) is 0 Å². The Bertz CT molecular complexity index is 930. The molecule has 0 saturated heterocycles. The van der Waals surface area contributed by atoms with Crippen molar-refractivity contribution in [3.05, 3.63) is 71.8 Å². The molecule has 2 aromatic carbocycles. The summed E-state index contributed by atoms with van der Waals surface area (Å²) < 4.78 is 22.4. The monoisotopic (exact) mass is 641 g/mol. The molecule has 0 saturated carbocycles. The van der Waals surface area contributed by atoms with Gasteiger partial charge in [0, 0.05) is 24.3 Å². The van der Waals surface area contributed by atoms with Crippen molar-refractivity contribution in [3.63, 3.8) is 0 Å². The molecule has 0 aliphatic rings. The van der Waals surface area contributed by atoms with Crippen LogP contribution in [0.4, 0.5) is 0 Å². The van der Waals surface area contributed by atoms with Gasteiger partial charge in [-0.05, 0) is 58.3 Å². The van der Waals surface area contributed by atoms with Crippen molar-refractivity contribution in [2.24, 2.45) is 0 Å². The summed E-state index contributed by atoms with van der Waals surface area (Å²) in [6.07, 6.45) is 7.58. The van der Waals surface area contributed by atoms with Crippen LogP contribution in [0.15, 0.2) is 60.7 Å². The lowest BCUT2D eigenvalue weighted by atomic mass is 10.1. The summed E-state index contributed by atoms with van der Waals surface area (Å²) in [6, 6.07) is 18.9. The van der Waals surface area contributed by atoms with Crippen LogP contribution in [0.25, 0.3) is 0 Å². The van der Waals surface area contributed by atoms with Crippen molar-refractivity contribution in [1.82, 2.24) is 15.5 Å². The number of nitrogens with one attached hydrogen (secondary N) is 2. The average molecular weight is 642 g/mol. The molecule has 2 N–H and O–H groups in total. The topological polar surface area (TPSA) is 98.4 Å². The van der Waals surface area contributed by atoms with E-state index in [0.717, 1.165) is 95.4 Å². The van der Waals surface area contributed by atoms with Crippen LogP contribution in [-0.4, -0.2) is 115 Å². The Kier molecular flexibility index (Phi) is 24.8. The highest BCUT2D eigenvalue weighted by atomic mass is 16.6. The fourth-order valence-electron chi connectivity index (χ4n) is 4.82. The third-order valence-electron chi connectivity index (χ3n) is 7.43. The van der Waals surface area contributed by atoms with Gasteiger partial charge in [-0.2, -0.15) is 0 Å². The van der Waals surface area contributed by atoms with Crippen LogP contribution in [-0.2, 0) is 18.9 Å². The van der Waals surface area contributed by atoms with Crippen LogP contribution in [0.5, 0.6) is 0 Å². The van der Waals surface area contributed by atoms with Crippen molar-refractivity contribution in [1.29, 1.82) is 0 Å². The normalized spacial score (nSPS) is 11.3. The van der Waals surface area contributed by atoms with Gasteiger partial charge in [0.15, 0.2) is 11.6 Å². The molecule has 0 unspecified atom stereocenters. The maximum atomic E-state index is 12.2. The zero-order valence-corrected chi connectivity index (χ0v) is 28.2. The summed E-state index contributed by atoms with van der Waals surface area (Å²) >= 11 is 0. The molecular weight excluding hydrogens is 582 g/mol. The molecule has 0 bridgehead atoms. The second kappa shape index (κ2) is 28.7. The number of hydrogen-bond donors (Lipinski definition) is 2. The van der Waals surface area contributed by atoms with Gasteiger partial charge in [-0.3, -0.25) is 9.59 Å². The second-order valence-electron chi connectivity index (χ2n) is 11.3. The highest BCUT2D eigenvalue weighted by Crippen LogP contribution is 2.04. The summed E-state index contributed by atoms with van der Waals surface area (Å²) in [5.41, 5.74) is 1.52. The van der Waals surface area contributed by atoms with Crippen LogP contribution in [0.3, 0.4) is 0 Å². The van der Waals surface area contributed by atoms with Gasteiger partial charge in [0.05, 0.1) is 59.3 Å². The Morgan fingerprint density at radius 1 is 0.522 bits per heavy atom. The molecule has 0 atom stereocenters. The number of unbranched alkanes of at least 4 members (excludes halogenated alkanes) is 4. The van der Waals surface area contributed by atoms with Crippen LogP contribution < -0.4 is 10.6 Å². The number of benzene rings is 2. The largest absolute Gasteiger partial charge is 0.379 e. The number of carbonyl (C=O) groups is 2. The van der Waals surface area contributed by atoms with E-state index in [1.807, 2.05) is 60.7 Å². The van der Waals surface area contributed by atoms with E-state index in [9.17, 15) is 9.59 Å². The van der Waals surface area contributed by atoms with Crippen LogP contribution >= 0.6 is 0 Å². The number of Topliss-reactive ketones (excluding diaryl/α,β-unsaturated/α-hetero) is 2. The quantitative estimate of drug-likeness (QED) is 0.0840. The van der Waals surface area contributed by atoms with E-state index >= 15 is 0 Å². The number of ketones is 2. The predicted molar refractivity (Wildman–Crippen MR) is 185 cm³/mol. The summed E-state index contributed by atoms with van der Waals surface area (Å²) in [6.45, 7) is 12.5. The van der Waals surface area contributed by atoms with E-state index in [4.69, 9.17) is 18.9 Å². The predicted octanol–water partition coefficient (Wildman–Crippen LogP) is 5.05. The first-order chi connectivity index (χ1) is 22.7. The van der Waals surface area contributed by atoms with Gasteiger partial charge in [0.25, 0.3) is 0 Å². The van der Waals surface area contributed by atoms with Crippen molar-refractivity contribution >= 4 is 11.6 Å². The third-order valence-corrected chi connectivity index (χ3v) is 7.43.